The molecule has 1 amide bonds. The highest BCUT2D eigenvalue weighted by atomic mass is 35.5. The van der Waals surface area contributed by atoms with E-state index >= 15 is 0 Å². The predicted octanol–water partition coefficient (Wildman–Crippen LogP) is 3.82. The number of aryl methyl sites for hydroxylation is 1. The van der Waals surface area contributed by atoms with E-state index in [1.165, 1.54) is 19.3 Å². The highest BCUT2D eigenvalue weighted by Gasteiger charge is 2.12. The number of hydrogen-bond acceptors (Lipinski definition) is 3. The van der Waals surface area contributed by atoms with Crippen LogP contribution < -0.4 is 5.32 Å². The second-order valence-corrected chi connectivity index (χ2v) is 7.77. The maximum Gasteiger partial charge on any atom is 0.244 e. The first-order chi connectivity index (χ1) is 13.5. The zero-order valence-corrected chi connectivity index (χ0v) is 17.5. The van der Waals surface area contributed by atoms with E-state index in [4.69, 9.17) is 11.6 Å². The van der Waals surface area contributed by atoms with Crippen molar-refractivity contribution in [3.63, 3.8) is 0 Å². The molecule has 1 aromatic heterocycles. The van der Waals surface area contributed by atoms with Crippen LogP contribution in [0.1, 0.15) is 41.8 Å². The number of piperidine rings is 1. The first-order valence-electron chi connectivity index (χ1n) is 10.0. The molecular formula is C22H29ClN4O. The van der Waals surface area contributed by atoms with E-state index in [0.29, 0.717) is 13.1 Å². The zero-order valence-electron chi connectivity index (χ0n) is 16.7. The molecule has 0 radical (unpaired) electrons. The number of rotatable bonds is 7. The Hall–Kier alpha value is -2.11. The van der Waals surface area contributed by atoms with Crippen molar-refractivity contribution >= 4 is 23.6 Å². The standard InChI is InChI=1S/C22H29ClN4O/c1-17-20(10-11-22(28)24-12-15-26-13-6-3-7-14-26)18(2)27(25-17)16-19-8-4-5-9-21(19)23/h4-5,8-11H,3,6-7,12-16H2,1-2H3,(H,24,28)/b11-10+. The highest BCUT2D eigenvalue weighted by molar-refractivity contribution is 6.31. The van der Waals surface area contributed by atoms with E-state index < -0.39 is 0 Å². The van der Waals surface area contributed by atoms with Gasteiger partial charge in [-0.05, 0) is 57.5 Å². The van der Waals surface area contributed by atoms with Gasteiger partial charge in [0.2, 0.25) is 5.91 Å². The molecule has 1 aromatic carbocycles. The number of aromatic nitrogens is 2. The van der Waals surface area contributed by atoms with Crippen LogP contribution in [0.15, 0.2) is 30.3 Å². The molecule has 150 valence electrons. The number of carbonyl (C=O) groups excluding carboxylic acids is 1. The molecule has 1 aliphatic heterocycles. The quantitative estimate of drug-likeness (QED) is 0.719. The topological polar surface area (TPSA) is 50.2 Å². The molecule has 6 heteroatoms. The second kappa shape index (κ2) is 9.89. The van der Waals surface area contributed by atoms with E-state index in [0.717, 1.165) is 47.2 Å². The van der Waals surface area contributed by atoms with Crippen molar-refractivity contribution < 1.29 is 4.79 Å². The molecule has 2 aromatic rings. The Morgan fingerprint density at radius 1 is 1.21 bits per heavy atom. The first-order valence-corrected chi connectivity index (χ1v) is 10.4. The summed E-state index contributed by atoms with van der Waals surface area (Å²) in [6, 6.07) is 7.79. The van der Waals surface area contributed by atoms with Crippen LogP contribution in [0.25, 0.3) is 6.08 Å². The van der Waals surface area contributed by atoms with Gasteiger partial charge in [-0.3, -0.25) is 9.48 Å². The van der Waals surface area contributed by atoms with Gasteiger partial charge < -0.3 is 10.2 Å². The summed E-state index contributed by atoms with van der Waals surface area (Å²) in [6.45, 7) is 8.50. The summed E-state index contributed by atoms with van der Waals surface area (Å²) < 4.78 is 1.94. The van der Waals surface area contributed by atoms with Gasteiger partial charge >= 0.3 is 0 Å². The van der Waals surface area contributed by atoms with Gasteiger partial charge in [0.1, 0.15) is 0 Å². The summed E-state index contributed by atoms with van der Waals surface area (Å²) in [5.74, 6) is -0.0605. The van der Waals surface area contributed by atoms with Gasteiger partial charge in [0.15, 0.2) is 0 Å². The van der Waals surface area contributed by atoms with Crippen molar-refractivity contribution in [2.75, 3.05) is 26.2 Å². The molecule has 1 N–H and O–H groups in total. The molecule has 1 saturated heterocycles. The van der Waals surface area contributed by atoms with Gasteiger partial charge in [0, 0.05) is 35.4 Å². The summed E-state index contributed by atoms with van der Waals surface area (Å²) in [6.07, 6.45) is 7.33. The van der Waals surface area contributed by atoms with E-state index in [9.17, 15) is 4.79 Å². The highest BCUT2D eigenvalue weighted by Crippen LogP contribution is 2.20. The van der Waals surface area contributed by atoms with Gasteiger partial charge in [0.05, 0.1) is 12.2 Å². The number of carbonyl (C=O) groups is 1. The molecule has 28 heavy (non-hydrogen) atoms. The van der Waals surface area contributed by atoms with Gasteiger partial charge in [-0.1, -0.05) is 36.2 Å². The number of amides is 1. The molecule has 0 saturated carbocycles. The first kappa shape index (κ1) is 20.6. The van der Waals surface area contributed by atoms with Crippen molar-refractivity contribution in [1.29, 1.82) is 0 Å². The SMILES string of the molecule is Cc1nn(Cc2ccccc2Cl)c(C)c1/C=C/C(=O)NCCN1CCCCC1. The largest absolute Gasteiger partial charge is 0.351 e. The maximum absolute atomic E-state index is 12.2. The van der Waals surface area contributed by atoms with Crippen LogP contribution in [0.3, 0.4) is 0 Å². The average Bonchev–Trinajstić information content (AvgIpc) is 2.96. The summed E-state index contributed by atoms with van der Waals surface area (Å²) in [5.41, 5.74) is 3.94. The summed E-state index contributed by atoms with van der Waals surface area (Å²) in [4.78, 5) is 14.6. The normalized spacial score (nSPS) is 15.2. The van der Waals surface area contributed by atoms with Crippen LogP contribution in [0, 0.1) is 13.8 Å². The minimum Gasteiger partial charge on any atom is -0.351 e. The Morgan fingerprint density at radius 3 is 2.71 bits per heavy atom. The molecule has 3 rings (SSSR count). The molecule has 1 fully saturated rings. The minimum atomic E-state index is -0.0605. The van der Waals surface area contributed by atoms with Gasteiger partial charge in [0.25, 0.3) is 0 Å². The Bertz CT molecular complexity index is 837. The Labute approximate surface area is 172 Å². The van der Waals surface area contributed by atoms with Crippen molar-refractivity contribution in [1.82, 2.24) is 20.0 Å². The van der Waals surface area contributed by atoms with Gasteiger partial charge in [-0.2, -0.15) is 5.10 Å². The van der Waals surface area contributed by atoms with E-state index in [2.05, 4.69) is 15.3 Å². The minimum absolute atomic E-state index is 0.0605. The van der Waals surface area contributed by atoms with Crippen LogP contribution >= 0.6 is 11.6 Å². The lowest BCUT2D eigenvalue weighted by molar-refractivity contribution is -0.116. The van der Waals surface area contributed by atoms with Crippen LogP contribution in [0.2, 0.25) is 5.02 Å². The second-order valence-electron chi connectivity index (χ2n) is 7.36. The Kier molecular flexibility index (Phi) is 7.29. The molecule has 2 heterocycles. The fourth-order valence-electron chi connectivity index (χ4n) is 3.63. The molecule has 1 aliphatic rings. The summed E-state index contributed by atoms with van der Waals surface area (Å²) in [7, 11) is 0. The van der Waals surface area contributed by atoms with Gasteiger partial charge in [-0.15, -0.1) is 0 Å². The van der Waals surface area contributed by atoms with Crippen LogP contribution in [-0.2, 0) is 11.3 Å². The predicted molar refractivity (Wildman–Crippen MR) is 115 cm³/mol. The van der Waals surface area contributed by atoms with Crippen LogP contribution in [-0.4, -0.2) is 46.8 Å². The van der Waals surface area contributed by atoms with Crippen LogP contribution in [0.5, 0.6) is 0 Å². The molecule has 0 unspecified atom stereocenters. The van der Waals surface area contributed by atoms with Crippen molar-refractivity contribution in [2.45, 2.75) is 39.7 Å². The lowest BCUT2D eigenvalue weighted by Crippen LogP contribution is -2.37. The molecular weight excluding hydrogens is 372 g/mol. The Morgan fingerprint density at radius 2 is 1.96 bits per heavy atom. The monoisotopic (exact) mass is 400 g/mol. The Balaban J connectivity index is 1.56. The number of likely N-dealkylation sites (tertiary alicyclic amines) is 1. The third-order valence-corrected chi connectivity index (χ3v) is 5.66. The number of halogens is 1. The summed E-state index contributed by atoms with van der Waals surface area (Å²) >= 11 is 6.27. The number of hydrogen-bond donors (Lipinski definition) is 1. The number of nitrogens with one attached hydrogen (secondary N) is 1. The fourth-order valence-corrected chi connectivity index (χ4v) is 3.83. The van der Waals surface area contributed by atoms with Crippen LogP contribution in [0.4, 0.5) is 0 Å². The average molecular weight is 401 g/mol. The number of nitrogens with zero attached hydrogens (tertiary/aromatic N) is 3. The van der Waals surface area contributed by atoms with E-state index in [-0.39, 0.29) is 5.91 Å². The molecule has 5 nitrogen and oxygen atoms in total. The van der Waals surface area contributed by atoms with E-state index in [1.807, 2.05) is 48.9 Å². The van der Waals surface area contributed by atoms with E-state index in [1.54, 1.807) is 6.08 Å². The molecule has 0 spiro atoms. The summed E-state index contributed by atoms with van der Waals surface area (Å²) in [5, 5.41) is 8.33. The smallest absolute Gasteiger partial charge is 0.244 e. The third-order valence-electron chi connectivity index (χ3n) is 5.29. The van der Waals surface area contributed by atoms with Crippen molar-refractivity contribution in [3.05, 3.63) is 57.9 Å². The lowest BCUT2D eigenvalue weighted by Gasteiger charge is -2.26. The lowest BCUT2D eigenvalue weighted by atomic mass is 10.1. The third kappa shape index (κ3) is 5.46. The maximum atomic E-state index is 12.2. The zero-order chi connectivity index (χ0) is 19.9. The molecule has 0 bridgehead atoms. The van der Waals surface area contributed by atoms with Gasteiger partial charge in [-0.25, -0.2) is 0 Å². The van der Waals surface area contributed by atoms with Crippen molar-refractivity contribution in [2.24, 2.45) is 0 Å². The molecule has 0 atom stereocenters. The fraction of sp³-hybridized carbons (Fsp3) is 0.455. The molecule has 0 aliphatic carbocycles. The van der Waals surface area contributed by atoms with Crippen molar-refractivity contribution in [3.8, 4) is 0 Å². The number of benzene rings is 1.